The SMILES string of the molecule is CC(C)(C)[S+]([O-])NC(C)(c1cc(Br)cs1)C(F)(F)c1ncncc1C#N. The van der Waals surface area contributed by atoms with E-state index in [-0.39, 0.29) is 10.4 Å². The molecule has 2 aromatic heterocycles. The summed E-state index contributed by atoms with van der Waals surface area (Å²) in [6.45, 7) is 6.32. The molecule has 2 aromatic rings. The summed E-state index contributed by atoms with van der Waals surface area (Å²) >= 11 is 2.57. The summed E-state index contributed by atoms with van der Waals surface area (Å²) in [5.74, 6) is -3.63. The number of hydrogen-bond donors (Lipinski definition) is 1. The minimum atomic E-state index is -3.63. The second-order valence-electron chi connectivity index (χ2n) is 6.71. The van der Waals surface area contributed by atoms with E-state index in [1.807, 2.05) is 0 Å². The molecule has 2 rings (SSSR count). The van der Waals surface area contributed by atoms with Crippen LogP contribution >= 0.6 is 27.3 Å². The maximum absolute atomic E-state index is 15.6. The Kier molecular flexibility index (Phi) is 6.09. The quantitative estimate of drug-likeness (QED) is 0.671. The van der Waals surface area contributed by atoms with Crippen molar-refractivity contribution in [3.05, 3.63) is 44.6 Å². The van der Waals surface area contributed by atoms with Gasteiger partial charge >= 0.3 is 5.92 Å². The maximum atomic E-state index is 15.6. The summed E-state index contributed by atoms with van der Waals surface area (Å²) in [6.07, 6.45) is 2.01. The van der Waals surface area contributed by atoms with E-state index in [1.165, 1.54) is 6.92 Å². The molecular formula is C16H17BrF2N4OS2. The topological polar surface area (TPSA) is 84.7 Å². The number of aromatic nitrogens is 2. The Morgan fingerprint density at radius 1 is 1.35 bits per heavy atom. The molecule has 0 aliphatic carbocycles. The number of nitriles is 1. The lowest BCUT2D eigenvalue weighted by molar-refractivity contribution is -0.0881. The van der Waals surface area contributed by atoms with Crippen LogP contribution in [0.3, 0.4) is 0 Å². The number of nitrogens with one attached hydrogen (secondary N) is 1. The first-order chi connectivity index (χ1) is 11.9. The molecule has 140 valence electrons. The molecule has 0 saturated heterocycles. The smallest absolute Gasteiger partial charge is 0.317 e. The lowest BCUT2D eigenvalue weighted by Gasteiger charge is -2.39. The summed E-state index contributed by atoms with van der Waals surface area (Å²) in [4.78, 5) is 7.55. The highest BCUT2D eigenvalue weighted by molar-refractivity contribution is 9.10. The molecule has 10 heteroatoms. The molecule has 5 nitrogen and oxygen atoms in total. The Morgan fingerprint density at radius 3 is 2.50 bits per heavy atom. The Hall–Kier alpha value is -1.12. The fourth-order valence-corrected chi connectivity index (χ4v) is 4.64. The normalized spacial score (nSPS) is 16.0. The molecule has 2 unspecified atom stereocenters. The van der Waals surface area contributed by atoms with Gasteiger partial charge < -0.3 is 4.55 Å². The molecular weight excluding hydrogens is 446 g/mol. The van der Waals surface area contributed by atoms with Crippen LogP contribution in [0.2, 0.25) is 0 Å². The third kappa shape index (κ3) is 3.92. The highest BCUT2D eigenvalue weighted by Crippen LogP contribution is 2.48. The van der Waals surface area contributed by atoms with Gasteiger partial charge in [-0.15, -0.1) is 16.1 Å². The standard InChI is InChI=1S/C16H17BrF2N4OS2/c1-14(2,3)26(24)23-15(4,12-5-11(17)8-25-12)16(18,19)13-10(6-20)7-21-9-22-13/h5,7-9,23H,1-4H3. The zero-order chi connectivity index (χ0) is 19.8. The largest absolute Gasteiger partial charge is 0.598 e. The molecule has 0 amide bonds. The highest BCUT2D eigenvalue weighted by atomic mass is 79.9. The first-order valence-corrected chi connectivity index (χ1v) is 10.3. The molecule has 0 radical (unpaired) electrons. The van der Waals surface area contributed by atoms with E-state index < -0.39 is 33.3 Å². The minimum absolute atomic E-state index is 0.259. The lowest BCUT2D eigenvalue weighted by Crippen LogP contribution is -2.57. The molecule has 0 saturated carbocycles. The van der Waals surface area contributed by atoms with Gasteiger partial charge in [0.1, 0.15) is 22.8 Å². The van der Waals surface area contributed by atoms with Crippen molar-refractivity contribution in [2.75, 3.05) is 0 Å². The molecule has 0 bridgehead atoms. The van der Waals surface area contributed by atoms with Crippen LogP contribution in [0.5, 0.6) is 0 Å². The van der Waals surface area contributed by atoms with Crippen molar-refractivity contribution in [2.45, 2.75) is 43.9 Å². The zero-order valence-corrected chi connectivity index (χ0v) is 17.7. The van der Waals surface area contributed by atoms with Gasteiger partial charge in [-0.25, -0.2) is 9.97 Å². The van der Waals surface area contributed by atoms with Crippen molar-refractivity contribution in [3.63, 3.8) is 0 Å². The van der Waals surface area contributed by atoms with Crippen molar-refractivity contribution in [2.24, 2.45) is 0 Å². The number of halogens is 3. The second-order valence-corrected chi connectivity index (χ2v) is 10.5. The second kappa shape index (κ2) is 7.48. The molecule has 2 heterocycles. The van der Waals surface area contributed by atoms with Crippen LogP contribution in [0, 0.1) is 11.3 Å². The van der Waals surface area contributed by atoms with Crippen molar-refractivity contribution in [1.29, 1.82) is 5.26 Å². The predicted octanol–water partition coefficient (Wildman–Crippen LogP) is 4.23. The predicted molar refractivity (Wildman–Crippen MR) is 101 cm³/mol. The van der Waals surface area contributed by atoms with Crippen molar-refractivity contribution >= 4 is 38.6 Å². The summed E-state index contributed by atoms with van der Waals surface area (Å²) in [7, 11) is 0. The summed E-state index contributed by atoms with van der Waals surface area (Å²) in [6, 6.07) is 3.24. The highest BCUT2D eigenvalue weighted by Gasteiger charge is 2.59. The monoisotopic (exact) mass is 462 g/mol. The third-order valence-corrected chi connectivity index (χ3v) is 7.29. The van der Waals surface area contributed by atoms with E-state index in [1.54, 1.807) is 38.3 Å². The first-order valence-electron chi connectivity index (χ1n) is 7.46. The number of alkyl halides is 2. The van der Waals surface area contributed by atoms with Crippen molar-refractivity contribution in [3.8, 4) is 6.07 Å². The van der Waals surface area contributed by atoms with Gasteiger partial charge in [0, 0.05) is 32.3 Å². The van der Waals surface area contributed by atoms with Crippen LogP contribution in [0.4, 0.5) is 8.78 Å². The number of thiophene rings is 1. The van der Waals surface area contributed by atoms with E-state index in [0.29, 0.717) is 4.47 Å². The Balaban J connectivity index is 2.65. The van der Waals surface area contributed by atoms with Crippen LogP contribution in [0.1, 0.15) is 43.8 Å². The van der Waals surface area contributed by atoms with Crippen molar-refractivity contribution < 1.29 is 13.3 Å². The van der Waals surface area contributed by atoms with Gasteiger partial charge in [-0.1, -0.05) is 0 Å². The molecule has 0 aromatic carbocycles. The first kappa shape index (κ1) is 21.2. The number of nitrogens with zero attached hydrogens (tertiary/aromatic N) is 3. The van der Waals surface area contributed by atoms with E-state index in [9.17, 15) is 9.81 Å². The maximum Gasteiger partial charge on any atom is 0.317 e. The third-order valence-electron chi connectivity index (χ3n) is 3.67. The number of rotatable bonds is 5. The average Bonchev–Trinajstić information content (AvgIpc) is 3.00. The summed E-state index contributed by atoms with van der Waals surface area (Å²) in [5, 5.41) is 10.8. The summed E-state index contributed by atoms with van der Waals surface area (Å²) in [5.41, 5.74) is -3.09. The molecule has 0 aliphatic heterocycles. The van der Waals surface area contributed by atoms with E-state index in [2.05, 4.69) is 30.6 Å². The number of hydrogen-bond acceptors (Lipinski definition) is 6. The van der Waals surface area contributed by atoms with Crippen LogP contribution < -0.4 is 4.72 Å². The molecule has 26 heavy (non-hydrogen) atoms. The van der Waals surface area contributed by atoms with Gasteiger partial charge in [0.15, 0.2) is 5.54 Å². The van der Waals surface area contributed by atoms with Gasteiger partial charge in [-0.3, -0.25) is 0 Å². The van der Waals surface area contributed by atoms with E-state index in [0.717, 1.165) is 23.9 Å². The van der Waals surface area contributed by atoms with Gasteiger partial charge in [0.25, 0.3) is 0 Å². The van der Waals surface area contributed by atoms with Crippen LogP contribution in [0.25, 0.3) is 0 Å². The molecule has 2 atom stereocenters. The van der Waals surface area contributed by atoms with Crippen LogP contribution in [-0.4, -0.2) is 19.3 Å². The van der Waals surface area contributed by atoms with E-state index in [4.69, 9.17) is 0 Å². The lowest BCUT2D eigenvalue weighted by atomic mass is 9.89. The Labute approximate surface area is 166 Å². The molecule has 0 fully saturated rings. The van der Waals surface area contributed by atoms with Gasteiger partial charge in [0.2, 0.25) is 0 Å². The minimum Gasteiger partial charge on any atom is -0.598 e. The zero-order valence-electron chi connectivity index (χ0n) is 14.5. The van der Waals surface area contributed by atoms with Gasteiger partial charge in [-0.2, -0.15) is 14.0 Å². The molecule has 1 N–H and O–H groups in total. The Bertz CT molecular complexity index is 834. The van der Waals surface area contributed by atoms with Crippen LogP contribution in [0.15, 0.2) is 28.4 Å². The van der Waals surface area contributed by atoms with Crippen molar-refractivity contribution in [1.82, 2.24) is 14.7 Å². The van der Waals surface area contributed by atoms with Gasteiger partial charge in [0.05, 0.1) is 5.56 Å². The fraction of sp³-hybridized carbons (Fsp3) is 0.438. The molecule has 0 spiro atoms. The van der Waals surface area contributed by atoms with E-state index >= 15 is 8.78 Å². The Morgan fingerprint density at radius 2 is 2.00 bits per heavy atom. The average molecular weight is 463 g/mol. The van der Waals surface area contributed by atoms with Gasteiger partial charge in [-0.05, 0) is 49.7 Å². The fourth-order valence-electron chi connectivity index (χ4n) is 2.08. The summed E-state index contributed by atoms with van der Waals surface area (Å²) < 4.78 is 46.4. The molecule has 0 aliphatic rings. The van der Waals surface area contributed by atoms with Crippen LogP contribution in [-0.2, 0) is 22.8 Å².